The molecule has 1 atom stereocenters. The quantitative estimate of drug-likeness (QED) is 0.314. The standard InChI is InChI=1S/C24H31N3O3.HI/c1-25-24(27-20-14-15-29-21-12-6-5-11-19(20)21)26-16-17-8-7-13-22(28-2)23(17)30-18-9-3-4-10-18;/h5-8,11-13,18,20H,3-4,9-10,14-16H2,1-2H3,(H2,25,26,27);1H. The predicted molar refractivity (Wildman–Crippen MR) is 134 cm³/mol. The number of nitrogens with zero attached hydrogens (tertiary/aromatic N) is 1. The number of fused-ring (bicyclic) bond motifs is 1. The number of halogens is 1. The van der Waals surface area contributed by atoms with Crippen molar-refractivity contribution in [2.45, 2.75) is 50.8 Å². The number of rotatable bonds is 6. The fourth-order valence-electron chi connectivity index (χ4n) is 4.20. The van der Waals surface area contributed by atoms with Crippen LogP contribution >= 0.6 is 24.0 Å². The summed E-state index contributed by atoms with van der Waals surface area (Å²) < 4.78 is 17.7. The van der Waals surface area contributed by atoms with E-state index in [-0.39, 0.29) is 36.1 Å². The third-order valence-corrected chi connectivity index (χ3v) is 5.81. The molecule has 6 nitrogen and oxygen atoms in total. The van der Waals surface area contributed by atoms with Crippen LogP contribution in [0.25, 0.3) is 0 Å². The SMILES string of the molecule is CN=C(NCc1cccc(OC)c1OC1CCCC1)NC1CCOc2ccccc21.I. The van der Waals surface area contributed by atoms with Gasteiger partial charge in [0.1, 0.15) is 5.75 Å². The molecule has 0 amide bonds. The molecule has 2 N–H and O–H groups in total. The first-order valence-corrected chi connectivity index (χ1v) is 10.8. The van der Waals surface area contributed by atoms with Gasteiger partial charge in [-0.2, -0.15) is 0 Å². The molecule has 0 bridgehead atoms. The molecule has 31 heavy (non-hydrogen) atoms. The van der Waals surface area contributed by atoms with Gasteiger partial charge < -0.3 is 24.8 Å². The van der Waals surface area contributed by atoms with Crippen molar-refractivity contribution in [1.29, 1.82) is 0 Å². The zero-order valence-corrected chi connectivity index (χ0v) is 20.6. The van der Waals surface area contributed by atoms with E-state index in [0.717, 1.165) is 48.0 Å². The van der Waals surface area contributed by atoms with Crippen LogP contribution in [0.4, 0.5) is 0 Å². The van der Waals surface area contributed by atoms with E-state index >= 15 is 0 Å². The van der Waals surface area contributed by atoms with Gasteiger partial charge in [0.15, 0.2) is 17.5 Å². The molecule has 2 aromatic carbocycles. The van der Waals surface area contributed by atoms with E-state index < -0.39 is 0 Å². The fraction of sp³-hybridized carbons (Fsp3) is 0.458. The molecule has 2 aromatic rings. The Kier molecular flexibility index (Phi) is 8.69. The highest BCUT2D eigenvalue weighted by Crippen LogP contribution is 2.35. The highest BCUT2D eigenvalue weighted by Gasteiger charge is 2.23. The average Bonchev–Trinajstić information content (AvgIpc) is 3.30. The maximum absolute atomic E-state index is 6.35. The minimum absolute atomic E-state index is 0. The summed E-state index contributed by atoms with van der Waals surface area (Å²) in [4.78, 5) is 4.43. The Morgan fingerprint density at radius 3 is 2.68 bits per heavy atom. The molecule has 1 saturated carbocycles. The lowest BCUT2D eigenvalue weighted by Gasteiger charge is -2.28. The zero-order valence-electron chi connectivity index (χ0n) is 18.2. The third-order valence-electron chi connectivity index (χ3n) is 5.81. The first-order chi connectivity index (χ1) is 14.8. The van der Waals surface area contributed by atoms with E-state index in [2.05, 4.69) is 27.8 Å². The van der Waals surface area contributed by atoms with Gasteiger partial charge in [0.25, 0.3) is 0 Å². The van der Waals surface area contributed by atoms with Crippen LogP contribution in [0.15, 0.2) is 47.5 Å². The molecule has 4 rings (SSSR count). The first-order valence-electron chi connectivity index (χ1n) is 10.8. The Morgan fingerprint density at radius 1 is 1.10 bits per heavy atom. The fourth-order valence-corrected chi connectivity index (χ4v) is 4.20. The Bertz CT molecular complexity index is 884. The summed E-state index contributed by atoms with van der Waals surface area (Å²) in [5.41, 5.74) is 2.23. The largest absolute Gasteiger partial charge is 0.493 e. The number of methoxy groups -OCH3 is 1. The molecule has 0 saturated heterocycles. The molecule has 1 aliphatic carbocycles. The van der Waals surface area contributed by atoms with Crippen LogP contribution in [0.2, 0.25) is 0 Å². The molecule has 0 spiro atoms. The molecular weight excluding hydrogens is 505 g/mol. The average molecular weight is 537 g/mol. The molecular formula is C24H32IN3O3. The van der Waals surface area contributed by atoms with Gasteiger partial charge in [0.05, 0.1) is 25.9 Å². The van der Waals surface area contributed by atoms with E-state index in [1.54, 1.807) is 14.2 Å². The van der Waals surface area contributed by atoms with E-state index in [4.69, 9.17) is 14.2 Å². The number of para-hydroxylation sites is 2. The van der Waals surface area contributed by atoms with Crippen LogP contribution in [0, 0.1) is 0 Å². The zero-order chi connectivity index (χ0) is 20.8. The van der Waals surface area contributed by atoms with Gasteiger partial charge in [0.2, 0.25) is 0 Å². The van der Waals surface area contributed by atoms with Crippen LogP contribution in [0.3, 0.4) is 0 Å². The van der Waals surface area contributed by atoms with Gasteiger partial charge >= 0.3 is 0 Å². The van der Waals surface area contributed by atoms with Crippen LogP contribution in [-0.2, 0) is 6.54 Å². The monoisotopic (exact) mass is 537 g/mol. The van der Waals surface area contributed by atoms with Crippen molar-refractivity contribution in [2.24, 2.45) is 4.99 Å². The number of aliphatic imine (C=N–C) groups is 1. The maximum atomic E-state index is 6.35. The Labute approximate surface area is 201 Å². The predicted octanol–water partition coefficient (Wildman–Crippen LogP) is 4.82. The second-order valence-electron chi connectivity index (χ2n) is 7.77. The Hall–Kier alpha value is -2.16. The number of hydrogen-bond acceptors (Lipinski definition) is 4. The van der Waals surface area contributed by atoms with Crippen LogP contribution in [0.5, 0.6) is 17.2 Å². The highest BCUT2D eigenvalue weighted by molar-refractivity contribution is 14.0. The molecule has 1 heterocycles. The van der Waals surface area contributed by atoms with Crippen molar-refractivity contribution in [3.8, 4) is 17.2 Å². The minimum Gasteiger partial charge on any atom is -0.493 e. The van der Waals surface area contributed by atoms with Crippen molar-refractivity contribution in [3.63, 3.8) is 0 Å². The van der Waals surface area contributed by atoms with Crippen molar-refractivity contribution in [3.05, 3.63) is 53.6 Å². The van der Waals surface area contributed by atoms with Crippen molar-refractivity contribution >= 4 is 29.9 Å². The summed E-state index contributed by atoms with van der Waals surface area (Å²) in [5, 5.41) is 6.98. The molecule has 0 radical (unpaired) electrons. The van der Waals surface area contributed by atoms with Crippen molar-refractivity contribution in [2.75, 3.05) is 20.8 Å². The van der Waals surface area contributed by atoms with E-state index in [1.165, 1.54) is 18.4 Å². The lowest BCUT2D eigenvalue weighted by atomic mass is 10.0. The molecule has 1 aliphatic heterocycles. The molecule has 7 heteroatoms. The molecule has 0 aromatic heterocycles. The number of nitrogens with one attached hydrogen (secondary N) is 2. The number of guanidine groups is 1. The van der Waals surface area contributed by atoms with Gasteiger partial charge in [0, 0.05) is 31.1 Å². The Balaban J connectivity index is 0.00000272. The third kappa shape index (κ3) is 5.75. The topological polar surface area (TPSA) is 64.1 Å². The molecule has 2 aliphatic rings. The summed E-state index contributed by atoms with van der Waals surface area (Å²) in [6, 6.07) is 14.4. The summed E-state index contributed by atoms with van der Waals surface area (Å²) >= 11 is 0. The molecule has 168 valence electrons. The van der Waals surface area contributed by atoms with Crippen molar-refractivity contribution < 1.29 is 14.2 Å². The van der Waals surface area contributed by atoms with E-state index in [1.807, 2.05) is 30.3 Å². The van der Waals surface area contributed by atoms with Crippen LogP contribution < -0.4 is 24.8 Å². The maximum Gasteiger partial charge on any atom is 0.191 e. The Morgan fingerprint density at radius 2 is 1.90 bits per heavy atom. The number of hydrogen-bond donors (Lipinski definition) is 2. The van der Waals surface area contributed by atoms with Gasteiger partial charge in [-0.3, -0.25) is 4.99 Å². The lowest BCUT2D eigenvalue weighted by Crippen LogP contribution is -2.40. The van der Waals surface area contributed by atoms with E-state index in [9.17, 15) is 0 Å². The highest BCUT2D eigenvalue weighted by atomic mass is 127. The normalized spacial score (nSPS) is 18.4. The summed E-state index contributed by atoms with van der Waals surface area (Å²) in [6.45, 7) is 1.30. The number of benzene rings is 2. The van der Waals surface area contributed by atoms with Gasteiger partial charge in [-0.1, -0.05) is 30.3 Å². The summed E-state index contributed by atoms with van der Waals surface area (Å²) in [6.07, 6.45) is 5.85. The van der Waals surface area contributed by atoms with Gasteiger partial charge in [-0.15, -0.1) is 24.0 Å². The number of ether oxygens (including phenoxy) is 3. The second-order valence-corrected chi connectivity index (χ2v) is 7.77. The summed E-state index contributed by atoms with van der Waals surface area (Å²) in [7, 11) is 3.49. The van der Waals surface area contributed by atoms with Gasteiger partial charge in [-0.05, 0) is 37.8 Å². The first kappa shape index (κ1) is 23.5. The lowest BCUT2D eigenvalue weighted by molar-refractivity contribution is 0.198. The second kappa shape index (κ2) is 11.5. The minimum atomic E-state index is 0. The molecule has 1 unspecified atom stereocenters. The molecule has 1 fully saturated rings. The smallest absolute Gasteiger partial charge is 0.191 e. The van der Waals surface area contributed by atoms with E-state index in [0.29, 0.717) is 13.2 Å². The van der Waals surface area contributed by atoms with Crippen molar-refractivity contribution in [1.82, 2.24) is 10.6 Å². The van der Waals surface area contributed by atoms with Crippen LogP contribution in [0.1, 0.15) is 49.3 Å². The van der Waals surface area contributed by atoms with Gasteiger partial charge in [-0.25, -0.2) is 0 Å². The van der Waals surface area contributed by atoms with Crippen LogP contribution in [-0.4, -0.2) is 32.8 Å². The summed E-state index contributed by atoms with van der Waals surface area (Å²) in [5.74, 6) is 3.32.